The second-order valence-electron chi connectivity index (χ2n) is 5.49. The van der Waals surface area contributed by atoms with Crippen LogP contribution in [0.1, 0.15) is 16.2 Å². The first-order valence-corrected chi connectivity index (χ1v) is 8.19. The van der Waals surface area contributed by atoms with Gasteiger partial charge in [0.1, 0.15) is 29.5 Å². The molecule has 0 atom stereocenters. The number of carbonyl (C=O) groups excluding carboxylic acids is 1. The molecule has 4 N–H and O–H groups in total. The molecule has 8 nitrogen and oxygen atoms in total. The Balaban J connectivity index is 1.67. The molecular formula is C19H19N5O3. The summed E-state index contributed by atoms with van der Waals surface area (Å²) < 4.78 is 11.0. The van der Waals surface area contributed by atoms with Crippen LogP contribution in [-0.4, -0.2) is 23.9 Å². The average Bonchev–Trinajstić information content (AvgIpc) is 3.20. The molecule has 0 aliphatic heterocycles. The number of aliphatic imine (C=N–C) groups is 1. The first-order valence-electron chi connectivity index (χ1n) is 8.19. The predicted octanol–water partition coefficient (Wildman–Crippen LogP) is 2.75. The van der Waals surface area contributed by atoms with Crippen LogP contribution in [0.25, 0.3) is 0 Å². The molecule has 27 heavy (non-hydrogen) atoms. The lowest BCUT2D eigenvalue weighted by atomic mass is 10.3. The number of rotatable bonds is 6. The molecule has 3 aromatic rings. The van der Waals surface area contributed by atoms with E-state index in [4.69, 9.17) is 14.9 Å². The highest BCUT2D eigenvalue weighted by Crippen LogP contribution is 2.24. The van der Waals surface area contributed by atoms with E-state index in [2.05, 4.69) is 20.6 Å². The van der Waals surface area contributed by atoms with E-state index in [1.165, 1.54) is 6.20 Å². The smallest absolute Gasteiger partial charge is 0.269 e. The number of carbonyl (C=O) groups is 1. The van der Waals surface area contributed by atoms with Crippen molar-refractivity contribution in [2.45, 2.75) is 6.54 Å². The summed E-state index contributed by atoms with van der Waals surface area (Å²) in [6, 6.07) is 14.1. The number of hydrogen-bond acceptors (Lipinski definition) is 5. The zero-order valence-corrected chi connectivity index (χ0v) is 14.7. The second-order valence-corrected chi connectivity index (χ2v) is 5.49. The third kappa shape index (κ3) is 5.08. The van der Waals surface area contributed by atoms with Gasteiger partial charge in [0.15, 0.2) is 5.96 Å². The predicted molar refractivity (Wildman–Crippen MR) is 102 cm³/mol. The van der Waals surface area contributed by atoms with Gasteiger partial charge in [0.2, 0.25) is 0 Å². The molecule has 0 aliphatic rings. The largest absolute Gasteiger partial charge is 0.467 e. The zero-order chi connectivity index (χ0) is 19.1. The van der Waals surface area contributed by atoms with Gasteiger partial charge in [-0.15, -0.1) is 0 Å². The molecule has 2 heterocycles. The molecule has 1 amide bonds. The van der Waals surface area contributed by atoms with E-state index in [0.717, 1.165) is 5.76 Å². The van der Waals surface area contributed by atoms with Crippen LogP contribution in [0.2, 0.25) is 0 Å². The summed E-state index contributed by atoms with van der Waals surface area (Å²) in [5.41, 5.74) is 6.89. The fraction of sp³-hybridized carbons (Fsp3) is 0.105. The van der Waals surface area contributed by atoms with Crippen LogP contribution in [0.5, 0.6) is 11.5 Å². The lowest BCUT2D eigenvalue weighted by Gasteiger charge is -2.10. The average molecular weight is 365 g/mol. The van der Waals surface area contributed by atoms with Crippen molar-refractivity contribution >= 4 is 17.6 Å². The maximum absolute atomic E-state index is 11.7. The number of amides is 1. The summed E-state index contributed by atoms with van der Waals surface area (Å²) >= 11 is 0. The molecular weight excluding hydrogens is 346 g/mol. The lowest BCUT2D eigenvalue weighted by molar-refractivity contribution is 0.0958. The van der Waals surface area contributed by atoms with E-state index in [-0.39, 0.29) is 17.6 Å². The van der Waals surface area contributed by atoms with E-state index >= 15 is 0 Å². The van der Waals surface area contributed by atoms with Gasteiger partial charge in [0.05, 0.1) is 6.26 Å². The number of nitrogens with zero attached hydrogens (tertiary/aromatic N) is 2. The number of benzene rings is 1. The van der Waals surface area contributed by atoms with Gasteiger partial charge >= 0.3 is 0 Å². The third-order valence-corrected chi connectivity index (χ3v) is 3.52. The van der Waals surface area contributed by atoms with Crippen LogP contribution in [-0.2, 0) is 6.54 Å². The minimum Gasteiger partial charge on any atom is -0.467 e. The highest BCUT2D eigenvalue weighted by Gasteiger charge is 2.07. The number of furan rings is 1. The SMILES string of the molecule is CNC(=O)c1cc(Oc2cccc(NC(N)=NCc3ccco3)c2)ccn1. The van der Waals surface area contributed by atoms with Crippen molar-refractivity contribution in [2.75, 3.05) is 12.4 Å². The molecule has 0 aliphatic carbocycles. The summed E-state index contributed by atoms with van der Waals surface area (Å²) in [7, 11) is 1.55. The van der Waals surface area contributed by atoms with Gasteiger partial charge in [-0.25, -0.2) is 4.99 Å². The van der Waals surface area contributed by atoms with Gasteiger partial charge in [-0.1, -0.05) is 6.07 Å². The van der Waals surface area contributed by atoms with Crippen LogP contribution in [0.4, 0.5) is 5.69 Å². The van der Waals surface area contributed by atoms with Crippen molar-refractivity contribution in [1.82, 2.24) is 10.3 Å². The molecule has 0 bridgehead atoms. The van der Waals surface area contributed by atoms with Gasteiger partial charge in [-0.2, -0.15) is 0 Å². The highest BCUT2D eigenvalue weighted by molar-refractivity contribution is 5.93. The Hall–Kier alpha value is -3.81. The fourth-order valence-corrected chi connectivity index (χ4v) is 2.25. The van der Waals surface area contributed by atoms with E-state index < -0.39 is 0 Å². The number of nitrogens with two attached hydrogens (primary N) is 1. The number of aromatic nitrogens is 1. The number of nitrogens with one attached hydrogen (secondary N) is 2. The molecule has 3 rings (SSSR count). The number of anilines is 1. The van der Waals surface area contributed by atoms with Crippen molar-refractivity contribution in [3.8, 4) is 11.5 Å². The summed E-state index contributed by atoms with van der Waals surface area (Å²) in [5.74, 6) is 1.78. The maximum Gasteiger partial charge on any atom is 0.269 e. The summed E-state index contributed by atoms with van der Waals surface area (Å²) in [6.45, 7) is 0.349. The summed E-state index contributed by atoms with van der Waals surface area (Å²) in [4.78, 5) is 19.9. The molecule has 138 valence electrons. The van der Waals surface area contributed by atoms with Crippen molar-refractivity contribution in [1.29, 1.82) is 0 Å². The number of ether oxygens (including phenoxy) is 1. The Labute approximate surface area is 156 Å². The zero-order valence-electron chi connectivity index (χ0n) is 14.7. The van der Waals surface area contributed by atoms with Crippen LogP contribution in [0.3, 0.4) is 0 Å². The summed E-state index contributed by atoms with van der Waals surface area (Å²) in [6.07, 6.45) is 3.10. The Kier molecular flexibility index (Phi) is 5.68. The summed E-state index contributed by atoms with van der Waals surface area (Å²) in [5, 5.41) is 5.52. The Morgan fingerprint density at radius 1 is 1.22 bits per heavy atom. The van der Waals surface area contributed by atoms with Gasteiger partial charge in [-0.3, -0.25) is 9.78 Å². The first kappa shape index (κ1) is 18.0. The maximum atomic E-state index is 11.7. The van der Waals surface area contributed by atoms with Crippen molar-refractivity contribution in [2.24, 2.45) is 10.7 Å². The lowest BCUT2D eigenvalue weighted by Crippen LogP contribution is -2.22. The van der Waals surface area contributed by atoms with Gasteiger partial charge < -0.3 is 25.5 Å². The van der Waals surface area contributed by atoms with Gasteiger partial charge in [0, 0.05) is 31.1 Å². The normalized spacial score (nSPS) is 11.1. The minimum absolute atomic E-state index is 0.259. The van der Waals surface area contributed by atoms with Gasteiger partial charge in [0.25, 0.3) is 5.91 Å². The molecule has 0 fully saturated rings. The molecule has 0 saturated carbocycles. The number of guanidine groups is 1. The topological polar surface area (TPSA) is 115 Å². The second kappa shape index (κ2) is 8.52. The molecule has 8 heteroatoms. The third-order valence-electron chi connectivity index (χ3n) is 3.52. The molecule has 2 aromatic heterocycles. The van der Waals surface area contributed by atoms with Crippen LogP contribution >= 0.6 is 0 Å². The van der Waals surface area contributed by atoms with Crippen LogP contribution < -0.4 is 21.1 Å². The van der Waals surface area contributed by atoms with Crippen molar-refractivity contribution in [3.63, 3.8) is 0 Å². The van der Waals surface area contributed by atoms with Crippen LogP contribution in [0, 0.1) is 0 Å². The van der Waals surface area contributed by atoms with E-state index in [0.29, 0.717) is 23.7 Å². The molecule has 0 saturated heterocycles. The number of pyridine rings is 1. The number of hydrogen-bond donors (Lipinski definition) is 3. The minimum atomic E-state index is -0.281. The Morgan fingerprint density at radius 3 is 2.85 bits per heavy atom. The van der Waals surface area contributed by atoms with E-state index in [9.17, 15) is 4.79 Å². The van der Waals surface area contributed by atoms with Crippen molar-refractivity contribution < 1.29 is 13.9 Å². The monoisotopic (exact) mass is 365 g/mol. The molecule has 1 aromatic carbocycles. The van der Waals surface area contributed by atoms with Gasteiger partial charge in [-0.05, 0) is 30.3 Å². The van der Waals surface area contributed by atoms with Crippen molar-refractivity contribution in [3.05, 3.63) is 72.4 Å². The molecule has 0 unspecified atom stereocenters. The quantitative estimate of drug-likeness (QED) is 0.457. The Morgan fingerprint density at radius 2 is 2.07 bits per heavy atom. The van der Waals surface area contributed by atoms with E-state index in [1.807, 2.05) is 18.2 Å². The standard InChI is InChI=1S/C19H19N5O3/c1-21-18(25)17-11-15(7-8-22-17)27-14-5-2-4-13(10-14)24-19(20)23-12-16-6-3-9-26-16/h2-11H,12H2,1H3,(H,21,25)(H3,20,23,24). The molecule has 0 radical (unpaired) electrons. The molecule has 0 spiro atoms. The highest BCUT2D eigenvalue weighted by atomic mass is 16.5. The fourth-order valence-electron chi connectivity index (χ4n) is 2.25. The van der Waals surface area contributed by atoms with Crippen LogP contribution in [0.15, 0.2) is 70.4 Å². The Bertz CT molecular complexity index is 938. The first-order chi connectivity index (χ1) is 13.1. The van der Waals surface area contributed by atoms with E-state index in [1.54, 1.807) is 43.6 Å².